The van der Waals surface area contributed by atoms with Crippen molar-refractivity contribution in [2.75, 3.05) is 13.2 Å². The maximum atomic E-state index is 11.2. The molecule has 0 aliphatic rings. The van der Waals surface area contributed by atoms with Crippen LogP contribution in [0, 0.1) is 0 Å². The number of hydrogen-bond acceptors (Lipinski definition) is 6. The Labute approximate surface area is 113 Å². The highest BCUT2D eigenvalue weighted by atomic mass is 16.5. The molecule has 6 nitrogen and oxygen atoms in total. The third-order valence-electron chi connectivity index (χ3n) is 2.28. The molecule has 0 amide bonds. The minimum absolute atomic E-state index is 0.208. The van der Waals surface area contributed by atoms with Crippen molar-refractivity contribution in [1.82, 2.24) is 0 Å². The lowest BCUT2D eigenvalue weighted by Crippen LogP contribution is -2.19. The van der Waals surface area contributed by atoms with Gasteiger partial charge in [0, 0.05) is 20.3 Å². The van der Waals surface area contributed by atoms with E-state index in [2.05, 4.69) is 0 Å². The lowest BCUT2D eigenvalue weighted by Gasteiger charge is -2.16. The van der Waals surface area contributed by atoms with E-state index in [4.69, 9.17) is 14.2 Å². The van der Waals surface area contributed by atoms with Gasteiger partial charge in [-0.3, -0.25) is 14.4 Å². The molecular formula is C13H22O6. The van der Waals surface area contributed by atoms with Crippen LogP contribution >= 0.6 is 0 Å². The summed E-state index contributed by atoms with van der Waals surface area (Å²) in [7, 11) is 0. The molecule has 0 radical (unpaired) electrons. The monoisotopic (exact) mass is 274 g/mol. The first-order valence-electron chi connectivity index (χ1n) is 6.41. The highest BCUT2D eigenvalue weighted by Gasteiger charge is 2.14. The summed E-state index contributed by atoms with van der Waals surface area (Å²) >= 11 is 0. The van der Waals surface area contributed by atoms with E-state index < -0.39 is 0 Å². The van der Waals surface area contributed by atoms with Crippen LogP contribution in [0.1, 0.15) is 46.5 Å². The van der Waals surface area contributed by atoms with E-state index in [1.807, 2.05) is 0 Å². The quantitative estimate of drug-likeness (QED) is 0.361. The van der Waals surface area contributed by atoms with Crippen molar-refractivity contribution in [3.63, 3.8) is 0 Å². The third-order valence-corrected chi connectivity index (χ3v) is 2.28. The summed E-state index contributed by atoms with van der Waals surface area (Å²) < 4.78 is 14.7. The lowest BCUT2D eigenvalue weighted by atomic mass is 10.1. The predicted octanol–water partition coefficient (Wildman–Crippen LogP) is 1.60. The van der Waals surface area contributed by atoms with Gasteiger partial charge in [0.1, 0.15) is 6.10 Å². The zero-order valence-corrected chi connectivity index (χ0v) is 11.8. The molecule has 0 saturated heterocycles. The summed E-state index contributed by atoms with van der Waals surface area (Å²) in [6.45, 7) is 5.02. The van der Waals surface area contributed by atoms with Gasteiger partial charge >= 0.3 is 17.9 Å². The molecule has 0 fully saturated rings. The first-order chi connectivity index (χ1) is 8.95. The SMILES string of the molecule is CCOC(=O)CC[C@@H](CCCOC(C)=O)OC(C)=O. The molecule has 0 N–H and O–H groups in total. The fourth-order valence-corrected chi connectivity index (χ4v) is 1.54. The molecule has 6 heteroatoms. The Bertz CT molecular complexity index is 300. The largest absolute Gasteiger partial charge is 0.466 e. The van der Waals surface area contributed by atoms with Gasteiger partial charge in [0.15, 0.2) is 0 Å². The van der Waals surface area contributed by atoms with Crippen LogP contribution in [0.2, 0.25) is 0 Å². The highest BCUT2D eigenvalue weighted by Crippen LogP contribution is 2.11. The second kappa shape index (κ2) is 10.3. The van der Waals surface area contributed by atoms with Gasteiger partial charge < -0.3 is 14.2 Å². The third kappa shape index (κ3) is 11.2. The van der Waals surface area contributed by atoms with E-state index in [-0.39, 0.29) is 37.0 Å². The van der Waals surface area contributed by atoms with Gasteiger partial charge in [-0.2, -0.15) is 0 Å². The Morgan fingerprint density at radius 1 is 1.00 bits per heavy atom. The topological polar surface area (TPSA) is 78.9 Å². The van der Waals surface area contributed by atoms with Crippen molar-refractivity contribution in [2.24, 2.45) is 0 Å². The summed E-state index contributed by atoms with van der Waals surface area (Å²) in [6.07, 6.45) is 1.40. The molecule has 0 aromatic carbocycles. The Morgan fingerprint density at radius 2 is 1.68 bits per heavy atom. The van der Waals surface area contributed by atoms with Crippen LogP contribution < -0.4 is 0 Å². The van der Waals surface area contributed by atoms with Crippen LogP contribution in [0.5, 0.6) is 0 Å². The van der Waals surface area contributed by atoms with Gasteiger partial charge in [-0.15, -0.1) is 0 Å². The standard InChI is InChI=1S/C13H22O6/c1-4-17-13(16)8-7-12(19-11(3)15)6-5-9-18-10(2)14/h12H,4-9H2,1-3H3/t12-/m1/s1. The van der Waals surface area contributed by atoms with Gasteiger partial charge in [-0.05, 0) is 26.2 Å². The van der Waals surface area contributed by atoms with Gasteiger partial charge in [0.25, 0.3) is 0 Å². The first kappa shape index (κ1) is 17.4. The van der Waals surface area contributed by atoms with Crippen LogP contribution in [-0.2, 0) is 28.6 Å². The van der Waals surface area contributed by atoms with Crippen LogP contribution in [0.4, 0.5) is 0 Å². The molecule has 0 aliphatic heterocycles. The van der Waals surface area contributed by atoms with Crippen molar-refractivity contribution in [3.05, 3.63) is 0 Å². The van der Waals surface area contributed by atoms with Crippen molar-refractivity contribution in [1.29, 1.82) is 0 Å². The Balaban J connectivity index is 3.97. The second-order valence-corrected chi connectivity index (χ2v) is 4.06. The van der Waals surface area contributed by atoms with E-state index in [1.165, 1.54) is 13.8 Å². The summed E-state index contributed by atoms with van der Waals surface area (Å²) in [5.41, 5.74) is 0. The number of ether oxygens (including phenoxy) is 3. The normalized spacial score (nSPS) is 11.5. The Kier molecular flexibility index (Phi) is 9.48. The first-order valence-corrected chi connectivity index (χ1v) is 6.41. The number of carbonyl (C=O) groups excluding carboxylic acids is 3. The molecule has 1 atom stereocenters. The zero-order chi connectivity index (χ0) is 14.7. The zero-order valence-electron chi connectivity index (χ0n) is 11.8. The van der Waals surface area contributed by atoms with E-state index in [9.17, 15) is 14.4 Å². The molecule has 0 bridgehead atoms. The van der Waals surface area contributed by atoms with Gasteiger partial charge in [0.05, 0.1) is 13.2 Å². The molecule has 110 valence electrons. The molecule has 0 rings (SSSR count). The van der Waals surface area contributed by atoms with E-state index >= 15 is 0 Å². The minimum Gasteiger partial charge on any atom is -0.466 e. The van der Waals surface area contributed by atoms with Gasteiger partial charge in [0.2, 0.25) is 0 Å². The molecule has 0 saturated carbocycles. The molecule has 0 aromatic heterocycles. The molecule has 0 unspecified atom stereocenters. The average Bonchev–Trinajstić information content (AvgIpc) is 2.30. The van der Waals surface area contributed by atoms with Crippen LogP contribution in [-0.4, -0.2) is 37.2 Å². The molecule has 0 heterocycles. The molecule has 19 heavy (non-hydrogen) atoms. The Hall–Kier alpha value is -1.59. The molecule has 0 aliphatic carbocycles. The second-order valence-electron chi connectivity index (χ2n) is 4.06. The summed E-state index contributed by atoms with van der Waals surface area (Å²) in [5, 5.41) is 0. The van der Waals surface area contributed by atoms with Crippen LogP contribution in [0.15, 0.2) is 0 Å². The predicted molar refractivity (Wildman–Crippen MR) is 67.3 cm³/mol. The van der Waals surface area contributed by atoms with Crippen LogP contribution in [0.25, 0.3) is 0 Å². The number of rotatable bonds is 9. The van der Waals surface area contributed by atoms with Gasteiger partial charge in [-0.25, -0.2) is 0 Å². The molecular weight excluding hydrogens is 252 g/mol. The maximum Gasteiger partial charge on any atom is 0.305 e. The van der Waals surface area contributed by atoms with E-state index in [0.29, 0.717) is 25.9 Å². The van der Waals surface area contributed by atoms with E-state index in [0.717, 1.165) is 0 Å². The number of esters is 3. The fourth-order valence-electron chi connectivity index (χ4n) is 1.54. The number of carbonyl (C=O) groups is 3. The van der Waals surface area contributed by atoms with Crippen molar-refractivity contribution in [3.8, 4) is 0 Å². The minimum atomic E-state index is -0.388. The summed E-state index contributed by atoms with van der Waals surface area (Å²) in [6, 6.07) is 0. The highest BCUT2D eigenvalue weighted by molar-refractivity contribution is 5.69. The average molecular weight is 274 g/mol. The number of hydrogen-bond donors (Lipinski definition) is 0. The van der Waals surface area contributed by atoms with Gasteiger partial charge in [-0.1, -0.05) is 0 Å². The smallest absolute Gasteiger partial charge is 0.305 e. The Morgan fingerprint density at radius 3 is 2.21 bits per heavy atom. The lowest BCUT2D eigenvalue weighted by molar-refractivity contribution is -0.151. The fraction of sp³-hybridized carbons (Fsp3) is 0.769. The van der Waals surface area contributed by atoms with Crippen molar-refractivity contribution >= 4 is 17.9 Å². The summed E-state index contributed by atoms with van der Waals surface area (Å²) in [4.78, 5) is 32.7. The van der Waals surface area contributed by atoms with Crippen molar-refractivity contribution in [2.45, 2.75) is 52.6 Å². The van der Waals surface area contributed by atoms with Crippen molar-refractivity contribution < 1.29 is 28.6 Å². The molecule has 0 spiro atoms. The molecule has 0 aromatic rings. The summed E-state index contributed by atoms with van der Waals surface area (Å²) in [5.74, 6) is -1.03. The van der Waals surface area contributed by atoms with Crippen LogP contribution in [0.3, 0.4) is 0 Å². The maximum absolute atomic E-state index is 11.2. The van der Waals surface area contributed by atoms with E-state index in [1.54, 1.807) is 6.92 Å².